The first kappa shape index (κ1) is 16.4. The summed E-state index contributed by atoms with van der Waals surface area (Å²) in [5.74, 6) is 0. The van der Waals surface area contributed by atoms with Gasteiger partial charge in [-0.3, -0.25) is 14.9 Å². The summed E-state index contributed by atoms with van der Waals surface area (Å²) in [5.41, 5.74) is 2.88. The maximum absolute atomic E-state index is 12.9. The summed E-state index contributed by atoms with van der Waals surface area (Å²) < 4.78 is 3.98. The van der Waals surface area contributed by atoms with Crippen molar-refractivity contribution in [1.82, 2.24) is 14.0 Å². The van der Waals surface area contributed by atoms with Crippen LogP contribution in [0.3, 0.4) is 0 Å². The van der Waals surface area contributed by atoms with Gasteiger partial charge in [0, 0.05) is 24.0 Å². The van der Waals surface area contributed by atoms with Gasteiger partial charge in [-0.1, -0.05) is 29.5 Å². The zero-order valence-electron chi connectivity index (χ0n) is 14.4. The number of imidazole rings is 1. The van der Waals surface area contributed by atoms with E-state index < -0.39 is 4.92 Å². The Balaban J connectivity index is 1.68. The van der Waals surface area contributed by atoms with E-state index in [0.29, 0.717) is 15.2 Å². The standard InChI is InChI=1S/C20H12N4O3S/c25-19-18(28-20-21-16-8-1-2-9-17(16)23(19)20)12-14-7-4-10-22(14)13-5-3-6-15(11-13)24(26)27/h1-12H/b18-12-. The van der Waals surface area contributed by atoms with E-state index >= 15 is 0 Å². The Hall–Kier alpha value is -3.78. The fourth-order valence-electron chi connectivity index (χ4n) is 3.25. The van der Waals surface area contributed by atoms with E-state index in [2.05, 4.69) is 4.98 Å². The highest BCUT2D eigenvalue weighted by Crippen LogP contribution is 2.20. The van der Waals surface area contributed by atoms with Gasteiger partial charge in [0.15, 0.2) is 4.96 Å². The lowest BCUT2D eigenvalue weighted by Crippen LogP contribution is -2.23. The van der Waals surface area contributed by atoms with E-state index in [1.807, 2.05) is 47.2 Å². The molecule has 0 aliphatic heterocycles. The third kappa shape index (κ3) is 2.50. The van der Waals surface area contributed by atoms with Crippen LogP contribution in [0.25, 0.3) is 27.8 Å². The van der Waals surface area contributed by atoms with Crippen molar-refractivity contribution in [3.8, 4) is 5.69 Å². The summed E-state index contributed by atoms with van der Waals surface area (Å²) in [5, 5.41) is 11.1. The fourth-order valence-corrected chi connectivity index (χ4v) is 4.22. The topological polar surface area (TPSA) is 82.4 Å². The van der Waals surface area contributed by atoms with Crippen LogP contribution in [0, 0.1) is 10.1 Å². The van der Waals surface area contributed by atoms with Gasteiger partial charge in [0.05, 0.1) is 26.2 Å². The molecule has 3 aromatic heterocycles. The number of fused-ring (bicyclic) bond motifs is 3. The molecule has 0 spiro atoms. The van der Waals surface area contributed by atoms with Crippen LogP contribution >= 0.6 is 11.3 Å². The third-order valence-electron chi connectivity index (χ3n) is 4.52. The Morgan fingerprint density at radius 3 is 2.79 bits per heavy atom. The Labute approximate surface area is 161 Å². The number of hydrogen-bond donors (Lipinski definition) is 0. The second kappa shape index (κ2) is 6.14. The summed E-state index contributed by atoms with van der Waals surface area (Å²) in [6.45, 7) is 0. The lowest BCUT2D eigenvalue weighted by atomic mass is 10.2. The van der Waals surface area contributed by atoms with Gasteiger partial charge in [0.2, 0.25) is 0 Å². The Morgan fingerprint density at radius 1 is 1.07 bits per heavy atom. The average Bonchev–Trinajstić information content (AvgIpc) is 3.38. The van der Waals surface area contributed by atoms with E-state index in [-0.39, 0.29) is 11.2 Å². The molecular weight excluding hydrogens is 376 g/mol. The molecule has 0 saturated carbocycles. The van der Waals surface area contributed by atoms with Crippen LogP contribution in [0.2, 0.25) is 0 Å². The predicted octanol–water partition coefficient (Wildman–Crippen LogP) is 3.16. The quantitative estimate of drug-likeness (QED) is 0.351. The SMILES string of the molecule is O=c1/c(=C/c2cccn2-c2cccc([N+](=O)[O-])c2)sc2nc3ccccc3n12. The van der Waals surface area contributed by atoms with Gasteiger partial charge in [-0.2, -0.15) is 0 Å². The Kier molecular flexibility index (Phi) is 3.59. The average molecular weight is 388 g/mol. The molecule has 0 atom stereocenters. The van der Waals surface area contributed by atoms with Gasteiger partial charge < -0.3 is 4.57 Å². The van der Waals surface area contributed by atoms with Gasteiger partial charge >= 0.3 is 0 Å². The molecule has 7 nitrogen and oxygen atoms in total. The summed E-state index contributed by atoms with van der Waals surface area (Å²) in [6.07, 6.45) is 3.60. The smallest absolute Gasteiger partial charge is 0.275 e. The van der Waals surface area contributed by atoms with E-state index in [4.69, 9.17) is 0 Å². The van der Waals surface area contributed by atoms with Crippen molar-refractivity contribution in [3.05, 3.63) is 97.6 Å². The molecule has 0 fully saturated rings. The third-order valence-corrected chi connectivity index (χ3v) is 5.49. The van der Waals surface area contributed by atoms with Crippen LogP contribution in [0.5, 0.6) is 0 Å². The summed E-state index contributed by atoms with van der Waals surface area (Å²) >= 11 is 1.32. The largest absolute Gasteiger partial charge is 0.317 e. The predicted molar refractivity (Wildman–Crippen MR) is 108 cm³/mol. The lowest BCUT2D eigenvalue weighted by Gasteiger charge is -2.05. The minimum atomic E-state index is -0.425. The maximum Gasteiger partial charge on any atom is 0.275 e. The van der Waals surface area contributed by atoms with E-state index in [1.54, 1.807) is 22.6 Å². The molecule has 28 heavy (non-hydrogen) atoms. The maximum atomic E-state index is 12.9. The molecule has 0 bridgehead atoms. The number of para-hydroxylation sites is 2. The zero-order valence-corrected chi connectivity index (χ0v) is 15.2. The monoisotopic (exact) mass is 388 g/mol. The molecule has 5 rings (SSSR count). The lowest BCUT2D eigenvalue weighted by molar-refractivity contribution is -0.384. The molecule has 0 unspecified atom stereocenters. The number of nitro benzene ring substituents is 1. The van der Waals surface area contributed by atoms with Crippen LogP contribution < -0.4 is 10.1 Å². The first-order valence-corrected chi connectivity index (χ1v) is 9.27. The molecule has 3 heterocycles. The molecule has 0 amide bonds. The number of thiazole rings is 1. The number of aromatic nitrogens is 3. The number of hydrogen-bond acceptors (Lipinski definition) is 5. The van der Waals surface area contributed by atoms with Crippen molar-refractivity contribution >= 4 is 39.1 Å². The molecule has 0 aliphatic rings. The summed E-state index contributed by atoms with van der Waals surface area (Å²) in [6, 6.07) is 17.6. The van der Waals surface area contributed by atoms with Crippen molar-refractivity contribution in [2.45, 2.75) is 0 Å². The van der Waals surface area contributed by atoms with Crippen LogP contribution in [0.15, 0.2) is 71.7 Å². The number of nitrogens with zero attached hydrogens (tertiary/aromatic N) is 4. The first-order valence-electron chi connectivity index (χ1n) is 8.46. The van der Waals surface area contributed by atoms with Crippen molar-refractivity contribution in [2.24, 2.45) is 0 Å². The molecule has 0 saturated heterocycles. The number of non-ortho nitro benzene ring substituents is 1. The molecule has 136 valence electrons. The second-order valence-corrected chi connectivity index (χ2v) is 7.22. The zero-order chi connectivity index (χ0) is 19.3. The second-order valence-electron chi connectivity index (χ2n) is 6.21. The van der Waals surface area contributed by atoms with Crippen LogP contribution in [0.1, 0.15) is 5.69 Å². The molecule has 5 aromatic rings. The highest BCUT2D eigenvalue weighted by Gasteiger charge is 2.12. The molecule has 8 heteroatoms. The van der Waals surface area contributed by atoms with E-state index in [9.17, 15) is 14.9 Å². The minimum absolute atomic E-state index is 0.0164. The number of rotatable bonds is 3. The molecular formula is C20H12N4O3S. The van der Waals surface area contributed by atoms with Gasteiger partial charge in [-0.25, -0.2) is 9.38 Å². The first-order chi connectivity index (χ1) is 13.6. The van der Waals surface area contributed by atoms with Gasteiger partial charge in [-0.05, 0) is 36.4 Å². The summed E-state index contributed by atoms with van der Waals surface area (Å²) in [7, 11) is 0. The van der Waals surface area contributed by atoms with Crippen LogP contribution in [-0.2, 0) is 0 Å². The van der Waals surface area contributed by atoms with E-state index in [1.165, 1.54) is 23.5 Å². The minimum Gasteiger partial charge on any atom is -0.317 e. The molecule has 0 N–H and O–H groups in total. The number of nitro groups is 1. The Bertz CT molecular complexity index is 1480. The Morgan fingerprint density at radius 2 is 1.93 bits per heavy atom. The van der Waals surface area contributed by atoms with Crippen molar-refractivity contribution in [3.63, 3.8) is 0 Å². The summed E-state index contributed by atoms with van der Waals surface area (Å²) in [4.78, 5) is 28.7. The van der Waals surface area contributed by atoms with Gasteiger partial charge in [-0.15, -0.1) is 0 Å². The van der Waals surface area contributed by atoms with Gasteiger partial charge in [0.25, 0.3) is 11.2 Å². The fraction of sp³-hybridized carbons (Fsp3) is 0. The molecule has 2 aromatic carbocycles. The van der Waals surface area contributed by atoms with E-state index in [0.717, 1.165) is 16.7 Å². The molecule has 0 radical (unpaired) electrons. The normalized spacial score (nSPS) is 12.2. The van der Waals surface area contributed by atoms with Crippen LogP contribution in [-0.4, -0.2) is 18.9 Å². The van der Waals surface area contributed by atoms with Crippen LogP contribution in [0.4, 0.5) is 5.69 Å². The molecule has 0 aliphatic carbocycles. The van der Waals surface area contributed by atoms with Gasteiger partial charge in [0.1, 0.15) is 0 Å². The highest BCUT2D eigenvalue weighted by atomic mass is 32.1. The van der Waals surface area contributed by atoms with Crippen molar-refractivity contribution < 1.29 is 4.92 Å². The van der Waals surface area contributed by atoms with Crippen molar-refractivity contribution in [2.75, 3.05) is 0 Å². The highest BCUT2D eigenvalue weighted by molar-refractivity contribution is 7.15. The number of benzene rings is 2. The van der Waals surface area contributed by atoms with Crippen molar-refractivity contribution in [1.29, 1.82) is 0 Å².